The van der Waals surface area contributed by atoms with Gasteiger partial charge in [-0.1, -0.05) is 43.2 Å². The van der Waals surface area contributed by atoms with Gasteiger partial charge in [0.2, 0.25) is 0 Å². The van der Waals surface area contributed by atoms with Crippen molar-refractivity contribution in [2.45, 2.75) is 45.1 Å². The predicted octanol–water partition coefficient (Wildman–Crippen LogP) is 3.08. The van der Waals surface area contributed by atoms with Crippen LogP contribution in [0.3, 0.4) is 0 Å². The zero-order chi connectivity index (χ0) is 13.0. The van der Waals surface area contributed by atoms with Crippen LogP contribution in [-0.4, -0.2) is 29.6 Å². The molecule has 100 valence electrons. The molecule has 0 spiro atoms. The molecule has 0 atom stereocenters. The van der Waals surface area contributed by atoms with Crippen LogP contribution in [0.1, 0.15) is 43.7 Å². The average molecular weight is 247 g/mol. The van der Waals surface area contributed by atoms with E-state index in [1.54, 1.807) is 0 Å². The molecule has 1 saturated heterocycles. The second-order valence-electron chi connectivity index (χ2n) is 5.60. The molecule has 1 fully saturated rings. The first kappa shape index (κ1) is 13.6. The molecule has 0 saturated carbocycles. The maximum absolute atomic E-state index is 10.8. The van der Waals surface area contributed by atoms with Crippen LogP contribution in [0.5, 0.6) is 0 Å². The van der Waals surface area contributed by atoms with Crippen molar-refractivity contribution in [3.63, 3.8) is 0 Å². The number of piperidine rings is 1. The van der Waals surface area contributed by atoms with Gasteiger partial charge in [-0.3, -0.25) is 0 Å². The number of aliphatic hydroxyl groups is 1. The minimum absolute atomic E-state index is 0.602. The molecule has 0 amide bonds. The van der Waals surface area contributed by atoms with E-state index in [9.17, 15) is 5.11 Å². The molecule has 0 bridgehead atoms. The highest BCUT2D eigenvalue weighted by molar-refractivity contribution is 5.28. The normalized spacial score (nSPS) is 19.9. The molecule has 1 aromatic carbocycles. The second kappa shape index (κ2) is 5.85. The van der Waals surface area contributed by atoms with Crippen LogP contribution in [0.4, 0.5) is 0 Å². The number of hydrogen-bond acceptors (Lipinski definition) is 2. The summed E-state index contributed by atoms with van der Waals surface area (Å²) in [5.74, 6) is 0. The molecule has 1 N–H and O–H groups in total. The van der Waals surface area contributed by atoms with E-state index < -0.39 is 5.60 Å². The topological polar surface area (TPSA) is 23.5 Å². The van der Waals surface area contributed by atoms with E-state index >= 15 is 0 Å². The van der Waals surface area contributed by atoms with Crippen molar-refractivity contribution in [2.75, 3.05) is 19.6 Å². The van der Waals surface area contributed by atoms with Crippen molar-refractivity contribution in [3.8, 4) is 0 Å². The highest BCUT2D eigenvalue weighted by atomic mass is 16.3. The third-order valence-electron chi connectivity index (χ3n) is 4.07. The van der Waals surface area contributed by atoms with E-state index in [4.69, 9.17) is 0 Å². The van der Waals surface area contributed by atoms with Gasteiger partial charge in [0.05, 0.1) is 5.60 Å². The first-order valence-corrected chi connectivity index (χ1v) is 7.16. The minimum atomic E-state index is -0.602. The Kier molecular flexibility index (Phi) is 4.41. The summed E-state index contributed by atoms with van der Waals surface area (Å²) in [6.45, 7) is 7.53. The Balaban J connectivity index is 1.98. The van der Waals surface area contributed by atoms with Gasteiger partial charge < -0.3 is 10.0 Å². The Morgan fingerprint density at radius 2 is 2.00 bits per heavy atom. The molecule has 1 aliphatic heterocycles. The second-order valence-corrected chi connectivity index (χ2v) is 5.60. The Morgan fingerprint density at radius 1 is 1.28 bits per heavy atom. The maximum atomic E-state index is 10.8. The molecular weight excluding hydrogens is 222 g/mol. The highest BCUT2D eigenvalue weighted by Crippen LogP contribution is 2.33. The van der Waals surface area contributed by atoms with Gasteiger partial charge in [-0.15, -0.1) is 0 Å². The number of unbranched alkanes of at least 4 members (excludes halogenated alkanes) is 1. The van der Waals surface area contributed by atoms with Crippen molar-refractivity contribution in [3.05, 3.63) is 35.4 Å². The van der Waals surface area contributed by atoms with Gasteiger partial charge in [0, 0.05) is 13.1 Å². The highest BCUT2D eigenvalue weighted by Gasteiger charge is 2.33. The Bertz CT molecular complexity index is 380. The summed E-state index contributed by atoms with van der Waals surface area (Å²) in [6, 6.07) is 8.33. The molecular formula is C16H25NO. The molecule has 2 rings (SSSR count). The van der Waals surface area contributed by atoms with Crippen molar-refractivity contribution in [1.29, 1.82) is 0 Å². The lowest BCUT2D eigenvalue weighted by Gasteiger charge is -2.38. The summed E-state index contributed by atoms with van der Waals surface area (Å²) >= 11 is 0. The van der Waals surface area contributed by atoms with E-state index in [1.807, 2.05) is 6.07 Å². The van der Waals surface area contributed by atoms with Gasteiger partial charge in [-0.25, -0.2) is 0 Å². The van der Waals surface area contributed by atoms with Gasteiger partial charge in [-0.2, -0.15) is 0 Å². The monoisotopic (exact) mass is 247 g/mol. The number of benzene rings is 1. The number of hydrogen-bond donors (Lipinski definition) is 1. The van der Waals surface area contributed by atoms with Crippen LogP contribution in [0.15, 0.2) is 24.3 Å². The number of aryl methyl sites for hydroxylation is 1. The molecule has 2 nitrogen and oxygen atoms in total. The standard InChI is InChI=1S/C16H25NO/c1-3-4-10-17-11-8-16(18,9-12-17)15-7-5-6-14(2)13-15/h5-7,13,18H,3-4,8-12H2,1-2H3. The molecule has 18 heavy (non-hydrogen) atoms. The SMILES string of the molecule is CCCCN1CCC(O)(c2cccc(C)c2)CC1. The van der Waals surface area contributed by atoms with Crippen LogP contribution in [0.2, 0.25) is 0 Å². The third-order valence-corrected chi connectivity index (χ3v) is 4.07. The summed E-state index contributed by atoms with van der Waals surface area (Å²) < 4.78 is 0. The lowest BCUT2D eigenvalue weighted by molar-refractivity contribution is -0.0260. The van der Waals surface area contributed by atoms with E-state index in [-0.39, 0.29) is 0 Å². The van der Waals surface area contributed by atoms with Gasteiger partial charge in [0.15, 0.2) is 0 Å². The summed E-state index contributed by atoms with van der Waals surface area (Å²) in [4.78, 5) is 2.48. The van der Waals surface area contributed by atoms with Gasteiger partial charge in [0.1, 0.15) is 0 Å². The number of rotatable bonds is 4. The van der Waals surface area contributed by atoms with Crippen LogP contribution in [-0.2, 0) is 5.60 Å². The lowest BCUT2D eigenvalue weighted by Crippen LogP contribution is -2.42. The first-order valence-electron chi connectivity index (χ1n) is 7.16. The molecule has 2 heteroatoms. The van der Waals surface area contributed by atoms with Crippen molar-refractivity contribution in [2.24, 2.45) is 0 Å². The van der Waals surface area contributed by atoms with Crippen molar-refractivity contribution >= 4 is 0 Å². The third kappa shape index (κ3) is 3.12. The number of likely N-dealkylation sites (tertiary alicyclic amines) is 1. The molecule has 0 radical (unpaired) electrons. The van der Waals surface area contributed by atoms with Crippen LogP contribution >= 0.6 is 0 Å². The van der Waals surface area contributed by atoms with Crippen LogP contribution in [0.25, 0.3) is 0 Å². The zero-order valence-electron chi connectivity index (χ0n) is 11.7. The fourth-order valence-corrected chi connectivity index (χ4v) is 2.75. The Labute approximate surface area is 111 Å². The van der Waals surface area contributed by atoms with Gasteiger partial charge in [0.25, 0.3) is 0 Å². The smallest absolute Gasteiger partial charge is 0.0921 e. The van der Waals surface area contributed by atoms with E-state index in [2.05, 4.69) is 36.9 Å². The average Bonchev–Trinajstić information content (AvgIpc) is 2.38. The molecule has 1 heterocycles. The Hall–Kier alpha value is -0.860. The zero-order valence-corrected chi connectivity index (χ0v) is 11.7. The quantitative estimate of drug-likeness (QED) is 0.884. The predicted molar refractivity (Wildman–Crippen MR) is 75.7 cm³/mol. The summed E-state index contributed by atoms with van der Waals surface area (Å²) in [7, 11) is 0. The summed E-state index contributed by atoms with van der Waals surface area (Å²) in [6.07, 6.45) is 4.24. The lowest BCUT2D eigenvalue weighted by atomic mass is 9.84. The van der Waals surface area contributed by atoms with Crippen molar-refractivity contribution < 1.29 is 5.11 Å². The number of nitrogens with zero attached hydrogens (tertiary/aromatic N) is 1. The van der Waals surface area contributed by atoms with Crippen molar-refractivity contribution in [1.82, 2.24) is 4.90 Å². The first-order chi connectivity index (χ1) is 8.64. The van der Waals surface area contributed by atoms with Gasteiger partial charge >= 0.3 is 0 Å². The Morgan fingerprint density at radius 3 is 2.61 bits per heavy atom. The minimum Gasteiger partial charge on any atom is -0.385 e. The van der Waals surface area contributed by atoms with Crippen LogP contribution < -0.4 is 0 Å². The maximum Gasteiger partial charge on any atom is 0.0921 e. The van der Waals surface area contributed by atoms with Crippen LogP contribution in [0, 0.1) is 6.92 Å². The van der Waals surface area contributed by atoms with E-state index in [0.29, 0.717) is 0 Å². The summed E-state index contributed by atoms with van der Waals surface area (Å²) in [5.41, 5.74) is 1.72. The molecule has 0 unspecified atom stereocenters. The molecule has 0 aromatic heterocycles. The van der Waals surface area contributed by atoms with E-state index in [0.717, 1.165) is 31.5 Å². The fourth-order valence-electron chi connectivity index (χ4n) is 2.75. The van der Waals surface area contributed by atoms with Gasteiger partial charge in [-0.05, 0) is 38.3 Å². The summed E-state index contributed by atoms with van der Waals surface area (Å²) in [5, 5.41) is 10.8. The molecule has 0 aliphatic carbocycles. The largest absolute Gasteiger partial charge is 0.385 e. The fraction of sp³-hybridized carbons (Fsp3) is 0.625. The van der Waals surface area contributed by atoms with E-state index in [1.165, 1.54) is 24.9 Å². The molecule has 1 aromatic rings. The molecule has 1 aliphatic rings.